The van der Waals surface area contributed by atoms with Crippen LogP contribution in [0.1, 0.15) is 46.0 Å². The van der Waals surface area contributed by atoms with Crippen LogP contribution in [0.15, 0.2) is 12.1 Å². The lowest BCUT2D eigenvalue weighted by atomic mass is 9.80. The Morgan fingerprint density at radius 2 is 1.95 bits per heavy atom. The molecule has 116 valence electrons. The lowest BCUT2D eigenvalue weighted by Crippen LogP contribution is -2.29. The van der Waals surface area contributed by atoms with Gasteiger partial charge in [-0.15, -0.1) is 0 Å². The fourth-order valence-corrected chi connectivity index (χ4v) is 2.87. The first-order chi connectivity index (χ1) is 10.1. The van der Waals surface area contributed by atoms with Crippen LogP contribution in [0, 0.1) is 17.8 Å². The van der Waals surface area contributed by atoms with E-state index in [1.165, 1.54) is 19.3 Å². The van der Waals surface area contributed by atoms with Gasteiger partial charge in [-0.1, -0.05) is 13.8 Å². The van der Waals surface area contributed by atoms with E-state index in [9.17, 15) is 0 Å². The SMILES string of the molecule is CC1CCC(Oc2ccc(N)c(OCC3CC3)n2)CC1C. The quantitative estimate of drug-likeness (QED) is 0.899. The molecule has 1 aromatic heterocycles. The minimum absolute atomic E-state index is 0.267. The summed E-state index contributed by atoms with van der Waals surface area (Å²) < 4.78 is 11.8. The van der Waals surface area contributed by atoms with E-state index in [1.807, 2.05) is 12.1 Å². The van der Waals surface area contributed by atoms with Crippen molar-refractivity contribution in [2.75, 3.05) is 12.3 Å². The number of rotatable bonds is 5. The van der Waals surface area contributed by atoms with E-state index in [0.717, 1.165) is 25.4 Å². The molecule has 0 aliphatic heterocycles. The molecule has 2 N–H and O–H groups in total. The Balaban J connectivity index is 1.60. The van der Waals surface area contributed by atoms with Crippen molar-refractivity contribution in [1.82, 2.24) is 4.98 Å². The second-order valence-corrected chi connectivity index (χ2v) is 6.81. The molecule has 3 atom stereocenters. The number of hydrogen-bond acceptors (Lipinski definition) is 4. The van der Waals surface area contributed by atoms with E-state index in [2.05, 4.69) is 18.8 Å². The van der Waals surface area contributed by atoms with Crippen LogP contribution in [0.3, 0.4) is 0 Å². The Bertz CT molecular complexity index is 488. The second-order valence-electron chi connectivity index (χ2n) is 6.81. The van der Waals surface area contributed by atoms with Gasteiger partial charge in [0.05, 0.1) is 12.3 Å². The van der Waals surface area contributed by atoms with E-state index in [1.54, 1.807) is 0 Å². The van der Waals surface area contributed by atoms with Crippen molar-refractivity contribution in [1.29, 1.82) is 0 Å². The molecule has 0 saturated heterocycles. The molecule has 3 rings (SSSR count). The van der Waals surface area contributed by atoms with E-state index in [0.29, 0.717) is 29.3 Å². The number of anilines is 1. The number of nitrogen functional groups attached to an aromatic ring is 1. The largest absolute Gasteiger partial charge is 0.476 e. The summed E-state index contributed by atoms with van der Waals surface area (Å²) in [5.74, 6) is 3.36. The number of hydrogen-bond donors (Lipinski definition) is 1. The van der Waals surface area contributed by atoms with E-state index in [4.69, 9.17) is 15.2 Å². The van der Waals surface area contributed by atoms with Crippen molar-refractivity contribution >= 4 is 5.69 Å². The summed E-state index contributed by atoms with van der Waals surface area (Å²) in [6.45, 7) is 5.35. The summed E-state index contributed by atoms with van der Waals surface area (Å²) in [7, 11) is 0. The highest BCUT2D eigenvalue weighted by Gasteiger charge is 2.26. The Kier molecular flexibility index (Phi) is 4.22. The van der Waals surface area contributed by atoms with Gasteiger partial charge < -0.3 is 15.2 Å². The van der Waals surface area contributed by atoms with Crippen molar-refractivity contribution in [2.45, 2.75) is 52.1 Å². The fraction of sp³-hybridized carbons (Fsp3) is 0.706. The normalized spacial score (nSPS) is 29.1. The molecule has 1 aromatic rings. The highest BCUT2D eigenvalue weighted by atomic mass is 16.5. The molecule has 0 bridgehead atoms. The summed E-state index contributed by atoms with van der Waals surface area (Å²) in [5.41, 5.74) is 6.52. The van der Waals surface area contributed by atoms with Crippen molar-refractivity contribution < 1.29 is 9.47 Å². The first kappa shape index (κ1) is 14.5. The predicted molar refractivity (Wildman–Crippen MR) is 83.5 cm³/mol. The summed E-state index contributed by atoms with van der Waals surface area (Å²) in [6.07, 6.45) is 6.22. The maximum absolute atomic E-state index is 6.05. The molecule has 4 nitrogen and oxygen atoms in total. The van der Waals surface area contributed by atoms with E-state index in [-0.39, 0.29) is 6.10 Å². The second kappa shape index (κ2) is 6.12. The average Bonchev–Trinajstić information content (AvgIpc) is 3.28. The van der Waals surface area contributed by atoms with E-state index >= 15 is 0 Å². The zero-order valence-electron chi connectivity index (χ0n) is 13.0. The molecule has 2 aliphatic carbocycles. The molecule has 0 amide bonds. The van der Waals surface area contributed by atoms with Crippen LogP contribution in [0.4, 0.5) is 5.69 Å². The number of ether oxygens (including phenoxy) is 2. The van der Waals surface area contributed by atoms with Crippen LogP contribution in [0.5, 0.6) is 11.8 Å². The minimum atomic E-state index is 0.267. The van der Waals surface area contributed by atoms with Gasteiger partial charge in [-0.25, -0.2) is 0 Å². The van der Waals surface area contributed by atoms with Gasteiger partial charge >= 0.3 is 0 Å². The third-order valence-corrected chi connectivity index (χ3v) is 4.85. The lowest BCUT2D eigenvalue weighted by Gasteiger charge is -2.31. The zero-order chi connectivity index (χ0) is 14.8. The molecule has 2 saturated carbocycles. The molecule has 4 heteroatoms. The summed E-state index contributed by atoms with van der Waals surface area (Å²) >= 11 is 0. The predicted octanol–water partition coefficient (Wildman–Crippen LogP) is 3.66. The molecule has 0 spiro atoms. The molecule has 0 radical (unpaired) electrons. The van der Waals surface area contributed by atoms with Gasteiger partial charge in [-0.2, -0.15) is 4.98 Å². The van der Waals surface area contributed by atoms with Crippen LogP contribution in [-0.4, -0.2) is 17.7 Å². The van der Waals surface area contributed by atoms with Gasteiger partial charge in [0.2, 0.25) is 11.8 Å². The molecule has 3 unspecified atom stereocenters. The maximum Gasteiger partial charge on any atom is 0.240 e. The van der Waals surface area contributed by atoms with Gasteiger partial charge in [0.1, 0.15) is 6.10 Å². The van der Waals surface area contributed by atoms with Crippen LogP contribution in [0.2, 0.25) is 0 Å². The highest BCUT2D eigenvalue weighted by molar-refractivity contribution is 5.49. The monoisotopic (exact) mass is 290 g/mol. The average molecular weight is 290 g/mol. The van der Waals surface area contributed by atoms with Crippen molar-refractivity contribution in [3.63, 3.8) is 0 Å². The molecular formula is C17H26N2O2. The Hall–Kier alpha value is -1.45. The Labute approximate surface area is 127 Å². The third kappa shape index (κ3) is 3.80. The van der Waals surface area contributed by atoms with E-state index < -0.39 is 0 Å². The lowest BCUT2D eigenvalue weighted by molar-refractivity contribution is 0.0956. The molecule has 21 heavy (non-hydrogen) atoms. The number of aromatic nitrogens is 1. The Morgan fingerprint density at radius 1 is 1.14 bits per heavy atom. The van der Waals surface area contributed by atoms with Crippen LogP contribution >= 0.6 is 0 Å². The number of pyridine rings is 1. The zero-order valence-corrected chi connectivity index (χ0v) is 13.0. The van der Waals surface area contributed by atoms with Gasteiger partial charge in [-0.3, -0.25) is 0 Å². The van der Waals surface area contributed by atoms with Gasteiger partial charge in [0, 0.05) is 6.07 Å². The van der Waals surface area contributed by atoms with Crippen LogP contribution in [0.25, 0.3) is 0 Å². The van der Waals surface area contributed by atoms with Crippen molar-refractivity contribution in [3.05, 3.63) is 12.1 Å². The maximum atomic E-state index is 6.05. The van der Waals surface area contributed by atoms with Crippen LogP contribution in [-0.2, 0) is 0 Å². The fourth-order valence-electron chi connectivity index (χ4n) is 2.87. The Morgan fingerprint density at radius 3 is 2.67 bits per heavy atom. The summed E-state index contributed by atoms with van der Waals surface area (Å²) in [5, 5.41) is 0. The number of nitrogens with two attached hydrogens (primary N) is 1. The topological polar surface area (TPSA) is 57.4 Å². The summed E-state index contributed by atoms with van der Waals surface area (Å²) in [6, 6.07) is 3.68. The highest BCUT2D eigenvalue weighted by Crippen LogP contribution is 2.33. The van der Waals surface area contributed by atoms with Crippen molar-refractivity contribution in [3.8, 4) is 11.8 Å². The molecule has 0 aromatic carbocycles. The van der Waals surface area contributed by atoms with Crippen LogP contribution < -0.4 is 15.2 Å². The summed E-state index contributed by atoms with van der Waals surface area (Å²) in [4.78, 5) is 4.44. The first-order valence-corrected chi connectivity index (χ1v) is 8.17. The molecule has 2 fully saturated rings. The third-order valence-electron chi connectivity index (χ3n) is 4.85. The molecule has 2 aliphatic rings. The standard InChI is InChI=1S/C17H26N2O2/c1-11-3-6-14(9-12(11)2)21-16-8-7-15(18)17(19-16)20-10-13-4-5-13/h7-8,11-14H,3-6,9-10,18H2,1-2H3. The van der Waals surface area contributed by atoms with Crippen molar-refractivity contribution in [2.24, 2.45) is 17.8 Å². The van der Waals surface area contributed by atoms with Gasteiger partial charge in [-0.05, 0) is 55.9 Å². The smallest absolute Gasteiger partial charge is 0.240 e. The number of nitrogens with zero attached hydrogens (tertiary/aromatic N) is 1. The van der Waals surface area contributed by atoms with Gasteiger partial charge in [0.15, 0.2) is 0 Å². The van der Waals surface area contributed by atoms with Gasteiger partial charge in [0.25, 0.3) is 0 Å². The molecular weight excluding hydrogens is 264 g/mol. The molecule has 1 heterocycles. The first-order valence-electron chi connectivity index (χ1n) is 8.17. The minimum Gasteiger partial charge on any atom is -0.476 e.